The zero-order chi connectivity index (χ0) is 108. The minimum absolute atomic E-state index is 0.0264. The third-order valence-electron chi connectivity index (χ3n) is 30.1. The molecule has 5 amide bonds. The molecule has 12 heterocycles. The van der Waals surface area contributed by atoms with Crippen LogP contribution >= 0.6 is 45.6 Å². The fraction of sp³-hybridized carbons (Fsp3) is 0.336. The average molecular weight is 2110 g/mol. The molecule has 11 N–H and O–H groups in total. The number of carbonyl (C=O) groups excluding carboxylic acids is 6. The Morgan fingerprint density at radius 1 is 0.580 bits per heavy atom. The number of furan rings is 1. The zero-order valence-electron chi connectivity index (χ0n) is 85.7. The van der Waals surface area contributed by atoms with Crippen LogP contribution in [0.2, 0.25) is 5.15 Å². The second-order valence-electron chi connectivity index (χ2n) is 39.9. The molecular formula is C113H118ClF4N21O8S3. The lowest BCUT2D eigenvalue weighted by Crippen LogP contribution is -2.52. The molecule has 7 aromatic carbocycles. The van der Waals surface area contributed by atoms with Crippen LogP contribution in [0.3, 0.4) is 0 Å². The van der Waals surface area contributed by atoms with Crippen molar-refractivity contribution < 1.29 is 55.5 Å². The van der Waals surface area contributed by atoms with E-state index in [4.69, 9.17) is 69.9 Å². The van der Waals surface area contributed by atoms with Gasteiger partial charge in [-0.25, -0.2) is 42.5 Å². The topological polar surface area (TPSA) is 423 Å². The number of likely N-dealkylation sites (tertiary alicyclic amines) is 1. The van der Waals surface area contributed by atoms with E-state index in [1.165, 1.54) is 113 Å². The van der Waals surface area contributed by atoms with E-state index in [1.54, 1.807) is 91.2 Å². The van der Waals surface area contributed by atoms with Gasteiger partial charge in [-0.3, -0.25) is 58.0 Å². The molecular weight excluding hydrogens is 1990 g/mol. The maximum atomic E-state index is 15.2. The smallest absolute Gasteiger partial charge is 0.239 e. The monoisotopic (exact) mass is 2100 g/mol. The van der Waals surface area contributed by atoms with Crippen molar-refractivity contribution in [2.45, 2.75) is 173 Å². The van der Waals surface area contributed by atoms with Crippen LogP contribution in [0.1, 0.15) is 178 Å². The van der Waals surface area contributed by atoms with Crippen molar-refractivity contribution in [1.82, 2.24) is 44.6 Å². The number of hydrogen-bond donors (Lipinski definition) is 6. The number of likely N-dealkylation sites (N-methyl/N-ethyl adjacent to an activating group) is 1. The van der Waals surface area contributed by atoms with Crippen LogP contribution in [0.5, 0.6) is 5.75 Å². The predicted molar refractivity (Wildman–Crippen MR) is 579 cm³/mol. The van der Waals surface area contributed by atoms with Crippen molar-refractivity contribution >= 4 is 132 Å². The van der Waals surface area contributed by atoms with Crippen molar-refractivity contribution in [2.24, 2.45) is 77.3 Å². The van der Waals surface area contributed by atoms with E-state index < -0.39 is 68.7 Å². The number of fused-ring (bicyclic) bond motifs is 2. The van der Waals surface area contributed by atoms with Crippen molar-refractivity contribution in [3.8, 4) is 62.4 Å². The number of aryl methyl sites for hydroxylation is 1. The molecule has 0 spiro atoms. The molecule has 776 valence electrons. The molecule has 29 nitrogen and oxygen atoms in total. The number of piperidine rings is 1. The summed E-state index contributed by atoms with van der Waals surface area (Å²) in [7, 11) is 8.04. The Morgan fingerprint density at radius 3 is 1.77 bits per heavy atom. The van der Waals surface area contributed by atoms with E-state index in [0.29, 0.717) is 46.9 Å². The average Bonchev–Trinajstić information content (AvgIpc) is 1.23. The molecule has 37 heteroatoms. The van der Waals surface area contributed by atoms with Gasteiger partial charge in [0.05, 0.1) is 88.1 Å². The highest BCUT2D eigenvalue weighted by atomic mass is 35.5. The molecule has 9 atom stereocenters. The molecule has 1 saturated heterocycles. The second kappa shape index (κ2) is 44.0. The van der Waals surface area contributed by atoms with Gasteiger partial charge in [0.15, 0.2) is 29.6 Å². The number of rotatable bonds is 18. The number of ether oxygens (including phenoxy) is 1. The number of nitrogens with one attached hydrogen (secondary N) is 1. The number of amides is 5. The molecule has 0 bridgehead atoms. The summed E-state index contributed by atoms with van der Waals surface area (Å²) >= 11 is 10.1. The quantitative estimate of drug-likeness (QED) is 0.0343. The van der Waals surface area contributed by atoms with Gasteiger partial charge in [-0.2, -0.15) is 15.6 Å². The van der Waals surface area contributed by atoms with Gasteiger partial charge in [0.1, 0.15) is 79.9 Å². The molecule has 2 fully saturated rings. The minimum atomic E-state index is -1.14. The summed E-state index contributed by atoms with van der Waals surface area (Å²) in [4.78, 5) is 112. The van der Waals surface area contributed by atoms with E-state index in [2.05, 4.69) is 72.8 Å². The van der Waals surface area contributed by atoms with Crippen LogP contribution in [-0.4, -0.2) is 159 Å². The number of aromatic nitrogens is 3. The molecule has 1 saturated carbocycles. The van der Waals surface area contributed by atoms with Gasteiger partial charge in [0, 0.05) is 110 Å². The van der Waals surface area contributed by atoms with Gasteiger partial charge in [-0.05, 0) is 231 Å². The molecule has 20 rings (SSSR count). The molecule has 6 aliphatic heterocycles. The Kier molecular flexibility index (Phi) is 31.6. The number of ketones is 1. The summed E-state index contributed by atoms with van der Waals surface area (Å²) in [5, 5.41) is 33.8. The number of nitrogens with zero attached hydrogens (tertiary/aromatic N) is 15. The first-order chi connectivity index (χ1) is 71.4. The number of nitriles is 2. The number of aliphatic imine (C=N–C) groups is 5. The summed E-state index contributed by atoms with van der Waals surface area (Å²) in [6, 6.07) is 54.2. The largest absolute Gasteiger partial charge is 0.497 e. The summed E-state index contributed by atoms with van der Waals surface area (Å²) < 4.78 is 70.5. The van der Waals surface area contributed by atoms with Crippen LogP contribution in [0.25, 0.3) is 66.4 Å². The maximum Gasteiger partial charge on any atom is 0.239 e. The number of halogens is 5. The van der Waals surface area contributed by atoms with E-state index >= 15 is 8.78 Å². The highest BCUT2D eigenvalue weighted by Crippen LogP contribution is 2.52. The van der Waals surface area contributed by atoms with Crippen molar-refractivity contribution in [3.05, 3.63) is 286 Å². The third-order valence-corrected chi connectivity index (χ3v) is 33.9. The predicted octanol–water partition coefficient (Wildman–Crippen LogP) is 19.4. The van der Waals surface area contributed by atoms with Gasteiger partial charge in [0.2, 0.25) is 29.5 Å². The van der Waals surface area contributed by atoms with Crippen LogP contribution in [0.4, 0.5) is 17.6 Å². The van der Waals surface area contributed by atoms with Crippen molar-refractivity contribution in [1.29, 1.82) is 10.5 Å². The lowest BCUT2D eigenvalue weighted by atomic mass is 9.77. The van der Waals surface area contributed by atoms with Crippen LogP contribution in [0.15, 0.2) is 228 Å². The first-order valence-electron chi connectivity index (χ1n) is 49.2. The summed E-state index contributed by atoms with van der Waals surface area (Å²) in [6.45, 7) is 19.1. The maximum absolute atomic E-state index is 15.2. The van der Waals surface area contributed by atoms with Gasteiger partial charge >= 0.3 is 0 Å². The molecule has 150 heavy (non-hydrogen) atoms. The Balaban J connectivity index is 0.000000135. The Morgan fingerprint density at radius 2 is 1.17 bits per heavy atom. The SMILES string of the molecule is CN1C(=O)C[C@@](C)(c2ccc3c(cnn3Cc3ccccc3)c2)N=C1N.COc1ccc(CNC2CCCCC2)c(-c2cccc(C3(C)N=C(N)C(CC4CCN(C(C)=O)CC4)C3=O)c2)c1.C[C@@H]1C(=O)N(C)C(N)=N[C@]1(C)c1scc(-c2ccc(F)c(C#N)c2)c1F.C[C@H]1C(=O)N(C)C(N)=N[C@]1(C)c1scc(-c2ccc(F)c(C#N)c2)c1F.Cc1cnc(Cl)c(-c2csc([C@@]3(C)N=C(N)N(C)C(=O)C3c3ccc4occc4c3)c2)c1. The van der Waals surface area contributed by atoms with E-state index in [1.807, 2.05) is 134 Å². The van der Waals surface area contributed by atoms with Crippen molar-refractivity contribution in [3.63, 3.8) is 0 Å². The molecule has 1 aliphatic carbocycles. The number of Topliss-reactive ketones (excluding diaryl/α,β-unsaturated/α-hetero) is 1. The van der Waals surface area contributed by atoms with Crippen LogP contribution in [0, 0.1) is 76.5 Å². The van der Waals surface area contributed by atoms with Crippen molar-refractivity contribution in [2.75, 3.05) is 48.4 Å². The molecule has 13 aromatic rings. The number of benzene rings is 7. The van der Waals surface area contributed by atoms with Crippen LogP contribution in [-0.2, 0) is 69.6 Å². The fourth-order valence-electron chi connectivity index (χ4n) is 20.3. The number of guanidine groups is 4. The van der Waals surface area contributed by atoms with Crippen LogP contribution < -0.4 is 38.7 Å². The Hall–Kier alpha value is -15.1. The number of hydrogen-bond acceptors (Lipinski definition) is 26. The summed E-state index contributed by atoms with van der Waals surface area (Å²) in [6.07, 6.45) is 14.4. The minimum Gasteiger partial charge on any atom is -0.497 e. The zero-order valence-corrected chi connectivity index (χ0v) is 88.9. The van der Waals surface area contributed by atoms with Gasteiger partial charge < -0.3 is 48.0 Å². The van der Waals surface area contributed by atoms with E-state index in [0.717, 1.165) is 151 Å². The van der Waals surface area contributed by atoms with Gasteiger partial charge in [-0.1, -0.05) is 124 Å². The van der Waals surface area contributed by atoms with Gasteiger partial charge in [-0.15, -0.1) is 34.0 Å². The molecule has 7 aliphatic rings. The molecule has 6 aromatic heterocycles. The number of carbonyl (C=O) groups is 6. The summed E-state index contributed by atoms with van der Waals surface area (Å²) in [5.74, 6) is -2.88. The fourth-order valence-corrected chi connectivity index (χ4v) is 23.9. The lowest BCUT2D eigenvalue weighted by Gasteiger charge is -2.40. The second-order valence-corrected chi connectivity index (χ2v) is 42.9. The highest BCUT2D eigenvalue weighted by Gasteiger charge is 2.52. The number of pyridine rings is 1. The van der Waals surface area contributed by atoms with E-state index in [9.17, 15) is 37.5 Å². The number of thiophene rings is 3. The lowest BCUT2D eigenvalue weighted by molar-refractivity contribution is -0.134. The number of methoxy groups -OCH3 is 1. The van der Waals surface area contributed by atoms with E-state index in [-0.39, 0.29) is 97.1 Å². The Labute approximate surface area is 884 Å². The Bertz CT molecular complexity index is 7520. The normalized spacial score (nSPS) is 22.5. The number of nitrogens with two attached hydrogens (primary N) is 5. The first-order valence-corrected chi connectivity index (χ1v) is 52.2. The molecule has 0 radical (unpaired) electrons. The highest BCUT2D eigenvalue weighted by molar-refractivity contribution is 7.11. The number of amidine groups is 1. The first kappa shape index (κ1) is 108. The molecule has 3 unspecified atom stereocenters. The standard InChI is InChI=1S/C33H44N4O3.C24H21ClN4O2S.C20H21N5O.2C18H16F2N4OS/c1-22(38)37-16-14-23(15-17-37)18-30-31(39)33(2,36-32(30)34)26-9-7-8-24(19-26)29-20-28(40-3)13-12-25(29)21-35-27-10-5-4-6-11-27;1-13-8-17(21(25)27-11-13)16-10-19(32-12-16)24(2)20(22(30)29(3)23(26)28-24)15-4-5-18-14(9-15)6-7-31-18;1-20(11-18(26)24(2)19(21)23-20)16-8-9-17-15(10-16)12-22-25(17)13-14-6-4-3-5-7-14;2*1-9-16(25)24(3)17(22)23-18(9,2)15-14(20)12(8-26-15)10-4-5-13(19)11(6-10)7-21/h7-9,12-13,19-20,23,27,30,35H,4-6,10-11,14-18,21H2,1-3H3,(H2,34,36);4-12,20H,1-3H3,(H2,26,28);3-10,12H,11,13H2,1-2H3,(H2,21,23);2*4-6,8-9H,1-3H3,(H2,22,23)/t;20?,24-;20-;9-,18+;9-,18-/m.1010/s1. The third kappa shape index (κ3) is 21.5. The van der Waals surface area contributed by atoms with Gasteiger partial charge in [0.25, 0.3) is 0 Å². The summed E-state index contributed by atoms with van der Waals surface area (Å²) in [5.41, 5.74) is 38.2.